The molecular weight excluding hydrogens is 395 g/mol. The first-order chi connectivity index (χ1) is 13.7. The first-order valence-corrected chi connectivity index (χ1v) is 9.25. The SMILES string of the molecule is CC(=NOCc1ccc(F)cc1)c1ccc(-c2noc([C@@H]3CCNC3)n2)cc1.Cl. The van der Waals surface area contributed by atoms with E-state index < -0.39 is 0 Å². The molecule has 29 heavy (non-hydrogen) atoms. The third-order valence-electron chi connectivity index (χ3n) is 4.76. The average Bonchev–Trinajstić information content (AvgIpc) is 3.41. The fourth-order valence-corrected chi connectivity index (χ4v) is 3.08. The Morgan fingerprint density at radius 2 is 1.97 bits per heavy atom. The third-order valence-corrected chi connectivity index (χ3v) is 4.76. The van der Waals surface area contributed by atoms with Gasteiger partial charge in [-0.05, 0) is 43.1 Å². The topological polar surface area (TPSA) is 72.5 Å². The number of nitrogens with one attached hydrogen (secondary N) is 1. The second-order valence-electron chi connectivity index (χ2n) is 6.80. The van der Waals surface area contributed by atoms with Gasteiger partial charge in [-0.1, -0.05) is 46.7 Å². The summed E-state index contributed by atoms with van der Waals surface area (Å²) in [5, 5.41) is 11.5. The second-order valence-corrected chi connectivity index (χ2v) is 6.80. The van der Waals surface area contributed by atoms with Crippen LogP contribution >= 0.6 is 12.4 Å². The van der Waals surface area contributed by atoms with Crippen molar-refractivity contribution in [2.45, 2.75) is 25.9 Å². The van der Waals surface area contributed by atoms with Crippen LogP contribution in [0.3, 0.4) is 0 Å². The Labute approximate surface area is 174 Å². The molecular formula is C21H22ClFN4O2. The molecule has 0 amide bonds. The maximum absolute atomic E-state index is 12.9. The lowest BCUT2D eigenvalue weighted by Crippen LogP contribution is -2.08. The molecule has 1 aromatic heterocycles. The van der Waals surface area contributed by atoms with Gasteiger partial charge in [-0.15, -0.1) is 12.4 Å². The molecule has 0 radical (unpaired) electrons. The molecule has 152 valence electrons. The van der Waals surface area contributed by atoms with Crippen molar-refractivity contribution in [2.24, 2.45) is 5.16 Å². The molecule has 2 heterocycles. The van der Waals surface area contributed by atoms with Crippen molar-refractivity contribution in [3.63, 3.8) is 0 Å². The van der Waals surface area contributed by atoms with E-state index in [1.807, 2.05) is 31.2 Å². The molecule has 0 aliphatic carbocycles. The van der Waals surface area contributed by atoms with Crippen molar-refractivity contribution >= 4 is 18.1 Å². The van der Waals surface area contributed by atoms with E-state index in [1.165, 1.54) is 12.1 Å². The number of nitrogens with zero attached hydrogens (tertiary/aromatic N) is 3. The fraction of sp³-hybridized carbons (Fsp3) is 0.286. The van der Waals surface area contributed by atoms with Crippen LogP contribution in [0.15, 0.2) is 58.2 Å². The molecule has 4 rings (SSSR count). The number of hydrogen-bond acceptors (Lipinski definition) is 6. The molecule has 1 saturated heterocycles. The zero-order valence-electron chi connectivity index (χ0n) is 16.0. The second kappa shape index (κ2) is 9.62. The van der Waals surface area contributed by atoms with Crippen LogP contribution in [0, 0.1) is 5.82 Å². The largest absolute Gasteiger partial charge is 0.391 e. The Hall–Kier alpha value is -2.77. The summed E-state index contributed by atoms with van der Waals surface area (Å²) in [6.07, 6.45) is 1.02. The van der Waals surface area contributed by atoms with Crippen LogP contribution in [0.25, 0.3) is 11.4 Å². The lowest BCUT2D eigenvalue weighted by molar-refractivity contribution is 0.130. The predicted molar refractivity (Wildman–Crippen MR) is 111 cm³/mol. The van der Waals surface area contributed by atoms with E-state index >= 15 is 0 Å². The zero-order chi connectivity index (χ0) is 19.3. The molecule has 1 fully saturated rings. The normalized spacial score (nSPS) is 16.5. The van der Waals surface area contributed by atoms with Crippen molar-refractivity contribution < 1.29 is 13.8 Å². The molecule has 2 aromatic carbocycles. The number of oxime groups is 1. The summed E-state index contributed by atoms with van der Waals surface area (Å²) in [6.45, 7) is 4.03. The van der Waals surface area contributed by atoms with Crippen LogP contribution in [0.4, 0.5) is 4.39 Å². The molecule has 1 aliphatic rings. The smallest absolute Gasteiger partial charge is 0.231 e. The van der Waals surface area contributed by atoms with E-state index in [0.717, 1.165) is 41.9 Å². The molecule has 3 aromatic rings. The van der Waals surface area contributed by atoms with E-state index in [-0.39, 0.29) is 24.8 Å². The minimum absolute atomic E-state index is 0. The molecule has 0 bridgehead atoms. The van der Waals surface area contributed by atoms with E-state index in [1.54, 1.807) is 12.1 Å². The van der Waals surface area contributed by atoms with E-state index in [4.69, 9.17) is 9.36 Å². The van der Waals surface area contributed by atoms with E-state index in [2.05, 4.69) is 20.6 Å². The van der Waals surface area contributed by atoms with E-state index in [0.29, 0.717) is 17.6 Å². The molecule has 1 N–H and O–H groups in total. The van der Waals surface area contributed by atoms with E-state index in [9.17, 15) is 4.39 Å². The van der Waals surface area contributed by atoms with Crippen molar-refractivity contribution in [1.29, 1.82) is 0 Å². The minimum atomic E-state index is -0.267. The fourth-order valence-electron chi connectivity index (χ4n) is 3.08. The summed E-state index contributed by atoms with van der Waals surface area (Å²) in [4.78, 5) is 9.90. The van der Waals surface area contributed by atoms with Crippen LogP contribution in [-0.2, 0) is 11.4 Å². The van der Waals surface area contributed by atoms with Gasteiger partial charge in [0.05, 0.1) is 11.6 Å². The maximum Gasteiger partial charge on any atom is 0.231 e. The highest BCUT2D eigenvalue weighted by Gasteiger charge is 2.23. The standard InChI is InChI=1S/C21H21FN4O2.ClH/c1-14(25-27-13-15-2-8-19(22)9-3-15)16-4-6-17(7-5-16)20-24-21(28-26-20)18-10-11-23-12-18;/h2-9,18,23H,10-13H2,1H3;1H/t18-;/m1./s1. The highest BCUT2D eigenvalue weighted by atomic mass is 35.5. The molecule has 0 spiro atoms. The van der Waals surface area contributed by atoms with Crippen molar-refractivity contribution in [2.75, 3.05) is 13.1 Å². The van der Waals surface area contributed by atoms with Crippen molar-refractivity contribution in [1.82, 2.24) is 15.5 Å². The summed E-state index contributed by atoms with van der Waals surface area (Å²) in [7, 11) is 0. The van der Waals surface area contributed by atoms with Gasteiger partial charge < -0.3 is 14.7 Å². The highest BCUT2D eigenvalue weighted by molar-refractivity contribution is 5.98. The van der Waals surface area contributed by atoms with Gasteiger partial charge in [-0.3, -0.25) is 0 Å². The zero-order valence-corrected chi connectivity index (χ0v) is 16.8. The quantitative estimate of drug-likeness (QED) is 0.478. The third kappa shape index (κ3) is 5.19. The Bertz CT molecular complexity index is 952. The number of aromatic nitrogens is 2. The van der Waals surface area contributed by atoms with Gasteiger partial charge in [-0.25, -0.2) is 4.39 Å². The van der Waals surface area contributed by atoms with Gasteiger partial charge in [0.25, 0.3) is 0 Å². The van der Waals surface area contributed by atoms with Crippen molar-refractivity contribution in [3.8, 4) is 11.4 Å². The lowest BCUT2D eigenvalue weighted by atomic mass is 10.1. The van der Waals surface area contributed by atoms with Crippen LogP contribution < -0.4 is 5.32 Å². The van der Waals surface area contributed by atoms with Crippen LogP contribution in [0.2, 0.25) is 0 Å². The van der Waals surface area contributed by atoms with Gasteiger partial charge in [0.2, 0.25) is 11.7 Å². The Balaban J connectivity index is 0.00000240. The Morgan fingerprint density at radius 1 is 1.21 bits per heavy atom. The molecule has 1 atom stereocenters. The minimum Gasteiger partial charge on any atom is -0.391 e. The van der Waals surface area contributed by atoms with Crippen LogP contribution in [0.5, 0.6) is 0 Å². The van der Waals surface area contributed by atoms with Crippen LogP contribution in [0.1, 0.15) is 36.3 Å². The first kappa shape index (κ1) is 21.0. The summed E-state index contributed by atoms with van der Waals surface area (Å²) in [6, 6.07) is 13.9. The molecule has 1 aliphatic heterocycles. The maximum atomic E-state index is 12.9. The predicted octanol–water partition coefficient (Wildman–Crippen LogP) is 4.32. The van der Waals surface area contributed by atoms with Gasteiger partial charge in [0, 0.05) is 12.1 Å². The first-order valence-electron chi connectivity index (χ1n) is 9.25. The molecule has 6 nitrogen and oxygen atoms in total. The number of benzene rings is 2. The van der Waals surface area contributed by atoms with Gasteiger partial charge in [0.1, 0.15) is 12.4 Å². The summed E-state index contributed by atoms with van der Waals surface area (Å²) in [5.74, 6) is 1.32. The highest BCUT2D eigenvalue weighted by Crippen LogP contribution is 2.24. The van der Waals surface area contributed by atoms with Gasteiger partial charge in [0.15, 0.2) is 0 Å². The average molecular weight is 417 g/mol. The monoisotopic (exact) mass is 416 g/mol. The van der Waals surface area contributed by atoms with Gasteiger partial charge in [-0.2, -0.15) is 4.98 Å². The molecule has 0 unspecified atom stereocenters. The van der Waals surface area contributed by atoms with Crippen LogP contribution in [-0.4, -0.2) is 28.9 Å². The number of halogens is 2. The lowest BCUT2D eigenvalue weighted by Gasteiger charge is -2.04. The summed E-state index contributed by atoms with van der Waals surface area (Å²) < 4.78 is 18.3. The Kier molecular flexibility index (Phi) is 6.95. The van der Waals surface area contributed by atoms with Gasteiger partial charge >= 0.3 is 0 Å². The number of hydrogen-bond donors (Lipinski definition) is 1. The summed E-state index contributed by atoms with van der Waals surface area (Å²) in [5.41, 5.74) is 3.44. The summed E-state index contributed by atoms with van der Waals surface area (Å²) >= 11 is 0. The number of rotatable bonds is 6. The Morgan fingerprint density at radius 3 is 2.66 bits per heavy atom. The molecule has 8 heteroatoms. The molecule has 0 saturated carbocycles. The van der Waals surface area contributed by atoms with Crippen molar-refractivity contribution in [3.05, 3.63) is 71.4 Å².